The molecule has 88 valence electrons. The summed E-state index contributed by atoms with van der Waals surface area (Å²) in [4.78, 5) is 14.7. The molecule has 0 spiro atoms. The van der Waals surface area contributed by atoms with E-state index in [1.165, 1.54) is 12.8 Å². The van der Waals surface area contributed by atoms with Crippen molar-refractivity contribution in [3.05, 3.63) is 17.8 Å². The average molecular weight is 223 g/mol. The molecule has 1 aromatic heterocycles. The van der Waals surface area contributed by atoms with Crippen molar-refractivity contribution in [1.29, 1.82) is 0 Å². The molecule has 1 aromatic rings. The molecule has 1 saturated carbocycles. The molecule has 1 N–H and O–H groups in total. The quantitative estimate of drug-likeness (QED) is 0.851. The third kappa shape index (κ3) is 2.26. The number of hydrogen-bond donors (Lipinski definition) is 1. The molecule has 4 heteroatoms. The Morgan fingerprint density at radius 2 is 2.25 bits per heavy atom. The van der Waals surface area contributed by atoms with Crippen molar-refractivity contribution in [3.63, 3.8) is 0 Å². The molecule has 0 aliphatic heterocycles. The van der Waals surface area contributed by atoms with Crippen molar-refractivity contribution < 1.29 is 14.3 Å². The molecule has 16 heavy (non-hydrogen) atoms. The number of aliphatic carboxylic acids is 1. The van der Waals surface area contributed by atoms with Crippen LogP contribution >= 0.6 is 0 Å². The predicted molar refractivity (Wildman–Crippen MR) is 58.3 cm³/mol. The number of aryl methyl sites for hydroxylation is 1. The van der Waals surface area contributed by atoms with Gasteiger partial charge in [0.2, 0.25) is 0 Å². The summed E-state index contributed by atoms with van der Waals surface area (Å²) < 4.78 is 5.65. The van der Waals surface area contributed by atoms with Crippen LogP contribution in [-0.4, -0.2) is 16.1 Å². The van der Waals surface area contributed by atoms with Gasteiger partial charge in [0, 0.05) is 11.8 Å². The summed E-state index contributed by atoms with van der Waals surface area (Å²) in [7, 11) is 0. The third-order valence-corrected chi connectivity index (χ3v) is 3.36. The molecular formula is C12H17NO3. The van der Waals surface area contributed by atoms with Crippen LogP contribution in [0, 0.1) is 0 Å². The van der Waals surface area contributed by atoms with Crippen molar-refractivity contribution in [2.75, 3.05) is 0 Å². The van der Waals surface area contributed by atoms with Crippen LogP contribution in [0.15, 0.2) is 10.6 Å². The summed E-state index contributed by atoms with van der Waals surface area (Å²) in [5.41, 5.74) is 0.0709. The van der Waals surface area contributed by atoms with E-state index in [1.807, 2.05) is 0 Å². The fraction of sp³-hybridized carbons (Fsp3) is 0.667. The molecule has 0 bridgehead atoms. The van der Waals surface area contributed by atoms with E-state index in [0.29, 0.717) is 12.2 Å². The van der Waals surface area contributed by atoms with Gasteiger partial charge in [-0.25, -0.2) is 4.98 Å². The summed E-state index contributed by atoms with van der Waals surface area (Å²) in [6, 6.07) is 0. The molecule has 0 saturated heterocycles. The monoisotopic (exact) mass is 223 g/mol. The summed E-state index contributed by atoms with van der Waals surface area (Å²) >= 11 is 0. The van der Waals surface area contributed by atoms with E-state index in [4.69, 9.17) is 9.52 Å². The molecule has 0 radical (unpaired) electrons. The van der Waals surface area contributed by atoms with Gasteiger partial charge in [0.25, 0.3) is 0 Å². The first-order chi connectivity index (χ1) is 7.60. The Hall–Kier alpha value is -1.32. The smallest absolute Gasteiger partial charge is 0.303 e. The second-order valence-electron chi connectivity index (χ2n) is 4.79. The van der Waals surface area contributed by atoms with Crippen molar-refractivity contribution in [2.24, 2.45) is 0 Å². The van der Waals surface area contributed by atoms with E-state index in [9.17, 15) is 4.79 Å². The zero-order valence-electron chi connectivity index (χ0n) is 9.53. The molecule has 1 fully saturated rings. The number of oxazole rings is 1. The first-order valence-corrected chi connectivity index (χ1v) is 5.77. The largest absolute Gasteiger partial charge is 0.481 e. The van der Waals surface area contributed by atoms with E-state index in [2.05, 4.69) is 11.9 Å². The van der Waals surface area contributed by atoms with Gasteiger partial charge in [-0.3, -0.25) is 4.79 Å². The lowest BCUT2D eigenvalue weighted by molar-refractivity contribution is -0.137. The van der Waals surface area contributed by atoms with Gasteiger partial charge < -0.3 is 9.52 Å². The summed E-state index contributed by atoms with van der Waals surface area (Å²) in [6.45, 7) is 2.17. The first-order valence-electron chi connectivity index (χ1n) is 5.77. The minimum absolute atomic E-state index is 0.0709. The maximum atomic E-state index is 10.4. The van der Waals surface area contributed by atoms with Crippen LogP contribution in [0.1, 0.15) is 50.7 Å². The van der Waals surface area contributed by atoms with Gasteiger partial charge in [0.05, 0.1) is 12.6 Å². The highest BCUT2D eigenvalue weighted by atomic mass is 16.4. The molecule has 0 atom stereocenters. The fourth-order valence-electron chi connectivity index (χ4n) is 2.30. The van der Waals surface area contributed by atoms with Crippen LogP contribution in [-0.2, 0) is 16.6 Å². The van der Waals surface area contributed by atoms with Crippen LogP contribution < -0.4 is 0 Å². The fourth-order valence-corrected chi connectivity index (χ4v) is 2.30. The van der Waals surface area contributed by atoms with Gasteiger partial charge in [0.1, 0.15) is 5.76 Å². The van der Waals surface area contributed by atoms with Gasteiger partial charge >= 0.3 is 5.97 Å². The maximum Gasteiger partial charge on any atom is 0.303 e. The molecular weight excluding hydrogens is 206 g/mol. The maximum absolute atomic E-state index is 10.4. The van der Waals surface area contributed by atoms with E-state index < -0.39 is 5.97 Å². The Morgan fingerprint density at radius 3 is 2.88 bits per heavy atom. The molecule has 1 heterocycles. The third-order valence-electron chi connectivity index (χ3n) is 3.36. The number of rotatable bonds is 4. The number of aromatic nitrogens is 1. The minimum Gasteiger partial charge on any atom is -0.481 e. The van der Waals surface area contributed by atoms with Crippen LogP contribution in [0.4, 0.5) is 0 Å². The molecule has 2 rings (SSSR count). The van der Waals surface area contributed by atoms with Crippen LogP contribution in [0.25, 0.3) is 0 Å². The van der Waals surface area contributed by atoms with E-state index in [-0.39, 0.29) is 11.8 Å². The summed E-state index contributed by atoms with van der Waals surface area (Å²) in [5.74, 6) is 0.668. The Bertz CT molecular complexity index is 377. The standard InChI is InChI=1S/C12H17NO3/c1-12(6-2-3-7-12)11-13-8-9(16-11)4-5-10(14)15/h8H,2-7H2,1H3,(H,14,15). The van der Waals surface area contributed by atoms with Gasteiger partial charge in [-0.15, -0.1) is 0 Å². The van der Waals surface area contributed by atoms with Crippen molar-refractivity contribution >= 4 is 5.97 Å². The molecule has 0 aromatic carbocycles. The second-order valence-corrected chi connectivity index (χ2v) is 4.79. The Morgan fingerprint density at radius 1 is 1.56 bits per heavy atom. The summed E-state index contributed by atoms with van der Waals surface area (Å²) in [5, 5.41) is 8.58. The lowest BCUT2D eigenvalue weighted by Crippen LogP contribution is -2.16. The number of carboxylic acid groups (broad SMARTS) is 1. The van der Waals surface area contributed by atoms with Crippen molar-refractivity contribution in [2.45, 2.75) is 50.9 Å². The zero-order valence-corrected chi connectivity index (χ0v) is 9.53. The Balaban J connectivity index is 2.04. The van der Waals surface area contributed by atoms with Crippen molar-refractivity contribution in [1.82, 2.24) is 4.98 Å². The van der Waals surface area contributed by atoms with Gasteiger partial charge in [-0.05, 0) is 12.8 Å². The average Bonchev–Trinajstić information content (AvgIpc) is 2.84. The first kappa shape index (κ1) is 11.2. The molecule has 1 aliphatic rings. The lowest BCUT2D eigenvalue weighted by Gasteiger charge is -2.18. The Labute approximate surface area is 94.7 Å². The molecule has 4 nitrogen and oxygen atoms in total. The molecule has 0 amide bonds. The number of carbonyl (C=O) groups is 1. The zero-order chi connectivity index (χ0) is 11.6. The number of carboxylic acids is 1. The summed E-state index contributed by atoms with van der Waals surface area (Å²) in [6.07, 6.45) is 6.88. The second kappa shape index (κ2) is 4.28. The van der Waals surface area contributed by atoms with Crippen LogP contribution in [0.5, 0.6) is 0 Å². The van der Waals surface area contributed by atoms with Gasteiger partial charge in [-0.2, -0.15) is 0 Å². The van der Waals surface area contributed by atoms with E-state index >= 15 is 0 Å². The van der Waals surface area contributed by atoms with E-state index in [0.717, 1.165) is 18.7 Å². The molecule has 1 aliphatic carbocycles. The number of hydrogen-bond acceptors (Lipinski definition) is 3. The lowest BCUT2D eigenvalue weighted by atomic mass is 9.89. The Kier molecular flexibility index (Phi) is 2.99. The van der Waals surface area contributed by atoms with Gasteiger partial charge in [-0.1, -0.05) is 19.8 Å². The number of nitrogens with zero attached hydrogens (tertiary/aromatic N) is 1. The normalized spacial score (nSPS) is 18.8. The van der Waals surface area contributed by atoms with Gasteiger partial charge in [0.15, 0.2) is 5.89 Å². The van der Waals surface area contributed by atoms with Crippen LogP contribution in [0.2, 0.25) is 0 Å². The highest BCUT2D eigenvalue weighted by molar-refractivity contribution is 5.66. The highest BCUT2D eigenvalue weighted by Gasteiger charge is 2.35. The predicted octanol–water partition coefficient (Wildman–Crippen LogP) is 2.52. The van der Waals surface area contributed by atoms with E-state index in [1.54, 1.807) is 6.20 Å². The highest BCUT2D eigenvalue weighted by Crippen LogP contribution is 2.40. The SMILES string of the molecule is CC1(c2ncc(CCC(=O)O)o2)CCCC1. The van der Waals surface area contributed by atoms with Crippen LogP contribution in [0.3, 0.4) is 0 Å². The topological polar surface area (TPSA) is 63.3 Å². The minimum atomic E-state index is -0.801. The molecule has 0 unspecified atom stereocenters. The van der Waals surface area contributed by atoms with Crippen molar-refractivity contribution in [3.8, 4) is 0 Å².